The van der Waals surface area contributed by atoms with Gasteiger partial charge in [-0.15, -0.1) is 13.2 Å². The van der Waals surface area contributed by atoms with Crippen LogP contribution in [-0.4, -0.2) is 27.9 Å². The lowest BCUT2D eigenvalue weighted by Gasteiger charge is -2.23. The van der Waals surface area contributed by atoms with Gasteiger partial charge in [0.05, 0.1) is 0 Å². The molecule has 2 aromatic rings. The Morgan fingerprint density at radius 1 is 1.06 bits per heavy atom. The lowest BCUT2D eigenvalue weighted by atomic mass is 9.89. The highest BCUT2D eigenvalue weighted by Gasteiger charge is 2.31. The van der Waals surface area contributed by atoms with E-state index >= 15 is 0 Å². The van der Waals surface area contributed by atoms with Gasteiger partial charge in [0.2, 0.25) is 0 Å². The topological polar surface area (TPSA) is 56.1 Å². The number of alkyl halides is 3. The van der Waals surface area contributed by atoms with Crippen LogP contribution >= 0.6 is 0 Å². The van der Waals surface area contributed by atoms with Gasteiger partial charge in [-0.1, -0.05) is 32.1 Å². The van der Waals surface area contributed by atoms with Gasteiger partial charge in [0.25, 0.3) is 5.91 Å². The van der Waals surface area contributed by atoms with E-state index < -0.39 is 6.36 Å². The number of benzene rings is 1. The normalized spacial score (nSPS) is 18.1. The highest BCUT2D eigenvalue weighted by molar-refractivity contribution is 5.94. The van der Waals surface area contributed by atoms with E-state index in [0.29, 0.717) is 23.0 Å². The molecule has 0 saturated heterocycles. The molecule has 2 aliphatic rings. The van der Waals surface area contributed by atoms with Crippen LogP contribution in [0.5, 0.6) is 5.75 Å². The third-order valence-electron chi connectivity index (χ3n) is 6.64. The summed E-state index contributed by atoms with van der Waals surface area (Å²) in [6.45, 7) is 2.66. The number of nitrogens with zero attached hydrogens (tertiary/aromatic N) is 2. The molecule has 32 heavy (non-hydrogen) atoms. The fraction of sp³-hybridized carbons (Fsp3) is 0.583. The second-order valence-corrected chi connectivity index (χ2v) is 9.01. The van der Waals surface area contributed by atoms with E-state index in [2.05, 4.69) is 19.6 Å². The van der Waals surface area contributed by atoms with Crippen molar-refractivity contribution in [3.8, 4) is 17.1 Å². The van der Waals surface area contributed by atoms with Crippen molar-refractivity contribution < 1.29 is 22.7 Å². The van der Waals surface area contributed by atoms with E-state index in [1.807, 2.05) is 6.92 Å². The number of amides is 1. The predicted molar refractivity (Wildman–Crippen MR) is 115 cm³/mol. The Hall–Kier alpha value is -2.51. The first-order valence-electron chi connectivity index (χ1n) is 11.5. The van der Waals surface area contributed by atoms with Gasteiger partial charge < -0.3 is 14.6 Å². The number of rotatable bonds is 6. The fourth-order valence-corrected chi connectivity index (χ4v) is 4.95. The standard InChI is InChI=1S/C24H30F3N3O2/c1-16-21(23(31)28-19-9-5-6-10-19)29-22(30(16)15-17-7-3-2-4-8-17)18-11-13-20(14-12-18)32-24(25,26)27/h11-14,17,19H,2-10,15H2,1H3,(H,28,31). The predicted octanol–water partition coefficient (Wildman–Crippen LogP) is 6.01. The molecule has 2 aliphatic carbocycles. The minimum Gasteiger partial charge on any atom is -0.406 e. The van der Waals surface area contributed by atoms with Gasteiger partial charge in [-0.05, 0) is 62.8 Å². The summed E-state index contributed by atoms with van der Waals surface area (Å²) in [6, 6.07) is 5.90. The zero-order chi connectivity index (χ0) is 22.7. The smallest absolute Gasteiger partial charge is 0.406 e. The number of imidazole rings is 1. The van der Waals surface area contributed by atoms with Gasteiger partial charge in [-0.3, -0.25) is 4.79 Å². The van der Waals surface area contributed by atoms with Crippen LogP contribution < -0.4 is 10.1 Å². The first-order valence-corrected chi connectivity index (χ1v) is 11.5. The molecule has 2 saturated carbocycles. The second kappa shape index (κ2) is 9.55. The van der Waals surface area contributed by atoms with Gasteiger partial charge in [0, 0.05) is 23.8 Å². The monoisotopic (exact) mass is 449 g/mol. The number of carbonyl (C=O) groups excluding carboxylic acids is 1. The summed E-state index contributed by atoms with van der Waals surface area (Å²) in [6.07, 6.45) is 5.42. The number of halogens is 3. The van der Waals surface area contributed by atoms with Crippen LogP contribution in [0.4, 0.5) is 13.2 Å². The van der Waals surface area contributed by atoms with E-state index in [9.17, 15) is 18.0 Å². The van der Waals surface area contributed by atoms with E-state index in [0.717, 1.165) is 50.8 Å². The van der Waals surface area contributed by atoms with Crippen LogP contribution in [0.1, 0.15) is 74.0 Å². The van der Waals surface area contributed by atoms with Gasteiger partial charge in [0.15, 0.2) is 0 Å². The molecule has 1 amide bonds. The largest absolute Gasteiger partial charge is 0.573 e. The van der Waals surface area contributed by atoms with Crippen molar-refractivity contribution in [3.63, 3.8) is 0 Å². The molecule has 8 heteroatoms. The van der Waals surface area contributed by atoms with E-state index in [-0.39, 0.29) is 17.7 Å². The van der Waals surface area contributed by atoms with Crippen molar-refractivity contribution in [1.29, 1.82) is 0 Å². The second-order valence-electron chi connectivity index (χ2n) is 9.01. The summed E-state index contributed by atoms with van der Waals surface area (Å²) in [4.78, 5) is 17.7. The van der Waals surface area contributed by atoms with Crippen LogP contribution in [0, 0.1) is 12.8 Å². The van der Waals surface area contributed by atoms with Crippen LogP contribution in [0.2, 0.25) is 0 Å². The fourth-order valence-electron chi connectivity index (χ4n) is 4.95. The lowest BCUT2D eigenvalue weighted by molar-refractivity contribution is -0.274. The molecule has 0 unspecified atom stereocenters. The summed E-state index contributed by atoms with van der Waals surface area (Å²) in [5.41, 5.74) is 1.87. The summed E-state index contributed by atoms with van der Waals surface area (Å²) >= 11 is 0. The highest BCUT2D eigenvalue weighted by atomic mass is 19.4. The molecule has 5 nitrogen and oxygen atoms in total. The minimum absolute atomic E-state index is 0.171. The zero-order valence-electron chi connectivity index (χ0n) is 18.4. The molecule has 0 aliphatic heterocycles. The summed E-state index contributed by atoms with van der Waals surface area (Å²) in [7, 11) is 0. The van der Waals surface area contributed by atoms with Crippen molar-refractivity contribution in [2.24, 2.45) is 5.92 Å². The Labute approximate surface area is 186 Å². The van der Waals surface area contributed by atoms with E-state index in [1.165, 1.54) is 31.4 Å². The van der Waals surface area contributed by atoms with Crippen molar-refractivity contribution in [2.45, 2.75) is 83.7 Å². The van der Waals surface area contributed by atoms with Gasteiger partial charge in [-0.25, -0.2) is 4.98 Å². The molecule has 4 rings (SSSR count). The maximum atomic E-state index is 13.0. The average Bonchev–Trinajstić information content (AvgIpc) is 3.37. The molecular formula is C24H30F3N3O2. The Morgan fingerprint density at radius 3 is 2.31 bits per heavy atom. The van der Waals surface area contributed by atoms with Crippen molar-refractivity contribution in [2.75, 3.05) is 0 Å². The Balaban J connectivity index is 1.63. The van der Waals surface area contributed by atoms with Gasteiger partial charge in [0.1, 0.15) is 17.3 Å². The number of hydrogen-bond donors (Lipinski definition) is 1. The van der Waals surface area contributed by atoms with Gasteiger partial charge >= 0.3 is 6.36 Å². The summed E-state index contributed by atoms with van der Waals surface area (Å²) in [5, 5.41) is 3.11. The molecule has 1 heterocycles. The van der Waals surface area contributed by atoms with Crippen LogP contribution in [0.3, 0.4) is 0 Å². The molecular weight excluding hydrogens is 419 g/mol. The summed E-state index contributed by atoms with van der Waals surface area (Å²) in [5.74, 6) is 0.676. The first kappa shape index (κ1) is 22.7. The Morgan fingerprint density at radius 2 is 1.69 bits per heavy atom. The number of ether oxygens (including phenoxy) is 1. The highest BCUT2D eigenvalue weighted by Crippen LogP contribution is 2.31. The summed E-state index contributed by atoms with van der Waals surface area (Å²) < 4.78 is 43.6. The molecule has 1 aromatic heterocycles. The third kappa shape index (κ3) is 5.45. The van der Waals surface area contributed by atoms with Crippen LogP contribution in [0.25, 0.3) is 11.4 Å². The quantitative estimate of drug-likeness (QED) is 0.588. The van der Waals surface area contributed by atoms with E-state index in [1.54, 1.807) is 12.1 Å². The number of hydrogen-bond acceptors (Lipinski definition) is 3. The number of nitrogens with one attached hydrogen (secondary N) is 1. The maximum Gasteiger partial charge on any atom is 0.573 e. The van der Waals surface area contributed by atoms with Crippen molar-refractivity contribution in [1.82, 2.24) is 14.9 Å². The molecule has 1 aromatic carbocycles. The Kier molecular flexibility index (Phi) is 6.76. The first-order chi connectivity index (χ1) is 15.3. The zero-order valence-corrected chi connectivity index (χ0v) is 18.4. The Bertz CT molecular complexity index is 925. The maximum absolute atomic E-state index is 13.0. The minimum atomic E-state index is -4.73. The molecule has 174 valence electrons. The molecule has 0 atom stereocenters. The molecule has 2 fully saturated rings. The molecule has 0 radical (unpaired) electrons. The third-order valence-corrected chi connectivity index (χ3v) is 6.64. The average molecular weight is 450 g/mol. The van der Waals surface area contributed by atoms with E-state index in [4.69, 9.17) is 0 Å². The number of aromatic nitrogens is 2. The van der Waals surface area contributed by atoms with Crippen LogP contribution in [-0.2, 0) is 6.54 Å². The molecule has 0 spiro atoms. The SMILES string of the molecule is Cc1c(C(=O)NC2CCCC2)nc(-c2ccc(OC(F)(F)F)cc2)n1CC1CCCCC1. The number of carbonyl (C=O) groups is 1. The lowest BCUT2D eigenvalue weighted by Crippen LogP contribution is -2.33. The molecule has 1 N–H and O–H groups in total. The van der Waals surface area contributed by atoms with Crippen molar-refractivity contribution in [3.05, 3.63) is 35.7 Å². The van der Waals surface area contributed by atoms with Crippen molar-refractivity contribution >= 4 is 5.91 Å². The molecule has 0 bridgehead atoms. The van der Waals surface area contributed by atoms with Gasteiger partial charge in [-0.2, -0.15) is 0 Å². The van der Waals surface area contributed by atoms with Crippen LogP contribution in [0.15, 0.2) is 24.3 Å².